The number of hydrogen-bond acceptors (Lipinski definition) is 5. The molecule has 0 radical (unpaired) electrons. The fourth-order valence-corrected chi connectivity index (χ4v) is 2.07. The van der Waals surface area contributed by atoms with Gasteiger partial charge in [-0.2, -0.15) is 0 Å². The lowest BCUT2D eigenvalue weighted by Crippen LogP contribution is -2.38. The molecule has 7 nitrogen and oxygen atoms in total. The van der Waals surface area contributed by atoms with Crippen LogP contribution in [0.25, 0.3) is 0 Å². The summed E-state index contributed by atoms with van der Waals surface area (Å²) in [5.41, 5.74) is -1.49. The van der Waals surface area contributed by atoms with Crippen molar-refractivity contribution in [2.45, 2.75) is 12.5 Å². The number of carbonyl (C=O) groups is 1. The maximum atomic E-state index is 12.0. The Morgan fingerprint density at radius 3 is 2.77 bits per heavy atom. The van der Waals surface area contributed by atoms with Gasteiger partial charge in [-0.05, 0) is 31.2 Å². The molecule has 2 aromatic rings. The molecule has 0 aliphatic carbocycles. The smallest absolute Gasteiger partial charge is 0.287 e. The van der Waals surface area contributed by atoms with E-state index in [1.165, 1.54) is 25.3 Å². The molecule has 0 spiro atoms. The van der Waals surface area contributed by atoms with E-state index in [1.54, 1.807) is 12.1 Å². The summed E-state index contributed by atoms with van der Waals surface area (Å²) in [7, 11) is 0. The highest BCUT2D eigenvalue weighted by molar-refractivity contribution is 6.33. The van der Waals surface area contributed by atoms with Crippen LogP contribution in [0.2, 0.25) is 5.02 Å². The first-order valence-electron chi connectivity index (χ1n) is 6.30. The van der Waals surface area contributed by atoms with Crippen molar-refractivity contribution in [2.24, 2.45) is 0 Å². The van der Waals surface area contributed by atoms with Crippen LogP contribution in [0.3, 0.4) is 0 Å². The molecule has 8 heteroatoms. The zero-order valence-electron chi connectivity index (χ0n) is 11.6. The van der Waals surface area contributed by atoms with E-state index in [9.17, 15) is 20.0 Å². The molecule has 2 rings (SSSR count). The fraction of sp³-hybridized carbons (Fsp3) is 0.214. The summed E-state index contributed by atoms with van der Waals surface area (Å²) in [6, 6.07) is 6.87. The SMILES string of the molecule is CC(O)(CNC(=O)c1ccc([N+](=O)[O-])c(Cl)c1)c1ccco1. The van der Waals surface area contributed by atoms with Crippen LogP contribution in [0.5, 0.6) is 0 Å². The molecule has 0 aliphatic heterocycles. The van der Waals surface area contributed by atoms with Crippen LogP contribution in [0, 0.1) is 10.1 Å². The van der Waals surface area contributed by atoms with Crippen LogP contribution >= 0.6 is 11.6 Å². The lowest BCUT2D eigenvalue weighted by molar-refractivity contribution is -0.384. The first-order valence-corrected chi connectivity index (χ1v) is 6.67. The largest absolute Gasteiger partial charge is 0.466 e. The van der Waals surface area contributed by atoms with E-state index in [1.807, 2.05) is 0 Å². The maximum Gasteiger partial charge on any atom is 0.287 e. The van der Waals surface area contributed by atoms with Crippen molar-refractivity contribution in [1.29, 1.82) is 0 Å². The summed E-state index contributed by atoms with van der Waals surface area (Å²) in [5.74, 6) is -0.196. The minimum absolute atomic E-state index is 0.0893. The minimum atomic E-state index is -1.37. The average molecular weight is 325 g/mol. The monoisotopic (exact) mass is 324 g/mol. The first kappa shape index (κ1) is 16.0. The summed E-state index contributed by atoms with van der Waals surface area (Å²) in [5, 5.41) is 23.3. The normalized spacial score (nSPS) is 13.4. The Labute approximate surface area is 130 Å². The predicted octanol–water partition coefficient (Wildman–Crippen LogP) is 2.48. The number of benzene rings is 1. The molecule has 1 atom stereocenters. The van der Waals surface area contributed by atoms with Gasteiger partial charge in [-0.15, -0.1) is 0 Å². The van der Waals surface area contributed by atoms with Gasteiger partial charge in [-0.3, -0.25) is 14.9 Å². The Balaban J connectivity index is 2.07. The van der Waals surface area contributed by atoms with Gasteiger partial charge in [0.1, 0.15) is 16.4 Å². The number of nitro groups is 1. The summed E-state index contributed by atoms with van der Waals surface area (Å²) in [6.07, 6.45) is 1.42. The maximum absolute atomic E-state index is 12.0. The minimum Gasteiger partial charge on any atom is -0.466 e. The highest BCUT2D eigenvalue weighted by Gasteiger charge is 2.27. The van der Waals surface area contributed by atoms with Crippen LogP contribution in [-0.4, -0.2) is 22.5 Å². The molecule has 1 aromatic carbocycles. The van der Waals surface area contributed by atoms with Crippen molar-refractivity contribution in [1.82, 2.24) is 5.32 Å². The number of nitro benzene ring substituents is 1. The fourth-order valence-electron chi connectivity index (χ4n) is 1.82. The highest BCUT2D eigenvalue weighted by atomic mass is 35.5. The van der Waals surface area contributed by atoms with E-state index >= 15 is 0 Å². The average Bonchev–Trinajstić information content (AvgIpc) is 2.99. The predicted molar refractivity (Wildman–Crippen MR) is 78.7 cm³/mol. The molecule has 0 saturated heterocycles. The molecule has 2 N–H and O–H groups in total. The van der Waals surface area contributed by atoms with E-state index in [2.05, 4.69) is 5.32 Å². The van der Waals surface area contributed by atoms with Crippen LogP contribution in [-0.2, 0) is 5.60 Å². The number of amides is 1. The third kappa shape index (κ3) is 3.44. The number of carbonyl (C=O) groups excluding carboxylic acids is 1. The van der Waals surface area contributed by atoms with Gasteiger partial charge in [0, 0.05) is 11.6 Å². The summed E-state index contributed by atoms with van der Waals surface area (Å²) in [6.45, 7) is 1.41. The lowest BCUT2D eigenvalue weighted by atomic mass is 10.0. The molecule has 1 unspecified atom stereocenters. The van der Waals surface area contributed by atoms with Gasteiger partial charge < -0.3 is 14.8 Å². The third-order valence-corrected chi connectivity index (χ3v) is 3.35. The number of furan rings is 1. The van der Waals surface area contributed by atoms with Crippen LogP contribution < -0.4 is 5.32 Å². The standard InChI is InChI=1S/C14H13ClN2O5/c1-14(19,12-3-2-6-22-12)8-16-13(18)9-4-5-11(17(20)21)10(15)7-9/h2-7,19H,8H2,1H3,(H,16,18). The van der Waals surface area contributed by atoms with Gasteiger partial charge in [-0.1, -0.05) is 11.6 Å². The molecule has 0 saturated carbocycles. The Morgan fingerprint density at radius 2 is 2.23 bits per heavy atom. The zero-order chi connectivity index (χ0) is 16.3. The van der Waals surface area contributed by atoms with Gasteiger partial charge >= 0.3 is 0 Å². The highest BCUT2D eigenvalue weighted by Crippen LogP contribution is 2.25. The topological polar surface area (TPSA) is 106 Å². The Bertz CT molecular complexity index is 697. The van der Waals surface area contributed by atoms with E-state index < -0.39 is 16.4 Å². The Hall–Kier alpha value is -2.38. The molecule has 0 fully saturated rings. The molecule has 1 amide bonds. The number of rotatable bonds is 5. The van der Waals surface area contributed by atoms with Crippen molar-refractivity contribution in [3.63, 3.8) is 0 Å². The van der Waals surface area contributed by atoms with Gasteiger partial charge in [0.15, 0.2) is 0 Å². The second-order valence-corrected chi connectivity index (χ2v) is 5.26. The second kappa shape index (κ2) is 6.17. The molecule has 0 bridgehead atoms. The van der Waals surface area contributed by atoms with E-state index in [0.717, 1.165) is 6.07 Å². The van der Waals surface area contributed by atoms with E-state index in [4.69, 9.17) is 16.0 Å². The molecule has 116 valence electrons. The number of aliphatic hydroxyl groups is 1. The lowest BCUT2D eigenvalue weighted by Gasteiger charge is -2.21. The number of halogens is 1. The second-order valence-electron chi connectivity index (χ2n) is 4.86. The van der Waals surface area contributed by atoms with E-state index in [-0.39, 0.29) is 22.8 Å². The van der Waals surface area contributed by atoms with Crippen molar-refractivity contribution in [3.8, 4) is 0 Å². The number of hydrogen-bond donors (Lipinski definition) is 2. The number of nitrogens with one attached hydrogen (secondary N) is 1. The third-order valence-electron chi connectivity index (χ3n) is 3.05. The molecule has 22 heavy (non-hydrogen) atoms. The van der Waals surface area contributed by atoms with Crippen LogP contribution in [0.1, 0.15) is 23.0 Å². The van der Waals surface area contributed by atoms with Gasteiger partial charge in [0.05, 0.1) is 17.7 Å². The molecule has 1 heterocycles. The van der Waals surface area contributed by atoms with Gasteiger partial charge in [-0.25, -0.2) is 0 Å². The van der Waals surface area contributed by atoms with Gasteiger partial charge in [0.2, 0.25) is 0 Å². The molecule has 0 aliphatic rings. The van der Waals surface area contributed by atoms with Gasteiger partial charge in [0.25, 0.3) is 11.6 Å². The van der Waals surface area contributed by atoms with Crippen LogP contribution in [0.15, 0.2) is 41.0 Å². The first-order chi connectivity index (χ1) is 10.3. The van der Waals surface area contributed by atoms with Crippen molar-refractivity contribution in [2.75, 3.05) is 6.54 Å². The van der Waals surface area contributed by atoms with Crippen molar-refractivity contribution >= 4 is 23.2 Å². The summed E-state index contributed by atoms with van der Waals surface area (Å²) < 4.78 is 5.10. The van der Waals surface area contributed by atoms with Crippen LogP contribution in [0.4, 0.5) is 5.69 Å². The number of nitrogens with zero attached hydrogens (tertiary/aromatic N) is 1. The molecular formula is C14H13ClN2O5. The summed E-state index contributed by atoms with van der Waals surface area (Å²) in [4.78, 5) is 22.0. The summed E-state index contributed by atoms with van der Waals surface area (Å²) >= 11 is 5.75. The van der Waals surface area contributed by atoms with E-state index in [0.29, 0.717) is 5.76 Å². The Morgan fingerprint density at radius 1 is 1.50 bits per heavy atom. The molecule has 1 aromatic heterocycles. The quantitative estimate of drug-likeness (QED) is 0.649. The Kier molecular flexibility index (Phi) is 4.48. The zero-order valence-corrected chi connectivity index (χ0v) is 12.3. The van der Waals surface area contributed by atoms with Crippen molar-refractivity contribution < 1.29 is 19.2 Å². The van der Waals surface area contributed by atoms with Crippen molar-refractivity contribution in [3.05, 3.63) is 63.1 Å². The molecular weight excluding hydrogens is 312 g/mol.